The van der Waals surface area contributed by atoms with Gasteiger partial charge in [0.1, 0.15) is 10.0 Å². The molecule has 0 bridgehead atoms. The van der Waals surface area contributed by atoms with Gasteiger partial charge in [-0.2, -0.15) is 0 Å². The minimum Gasteiger partial charge on any atom is -0.334 e. The second kappa shape index (κ2) is 9.10. The Morgan fingerprint density at radius 3 is 2.72 bits per heavy atom. The summed E-state index contributed by atoms with van der Waals surface area (Å²) >= 11 is 3.40. The van der Waals surface area contributed by atoms with E-state index in [-0.39, 0.29) is 6.03 Å². The van der Waals surface area contributed by atoms with Gasteiger partial charge in [0, 0.05) is 42.5 Å². The summed E-state index contributed by atoms with van der Waals surface area (Å²) in [6.45, 7) is 13.4. The molecule has 5 rings (SSSR count). The molecule has 0 unspecified atom stereocenters. The summed E-state index contributed by atoms with van der Waals surface area (Å²) in [6, 6.07) is 3.83. The summed E-state index contributed by atoms with van der Waals surface area (Å²) in [5.41, 5.74) is 4.38. The summed E-state index contributed by atoms with van der Waals surface area (Å²) in [4.78, 5) is 21.7. The van der Waals surface area contributed by atoms with Crippen LogP contribution in [0.1, 0.15) is 46.2 Å². The number of aromatic nitrogens is 1. The predicted molar refractivity (Wildman–Crippen MR) is 131 cm³/mol. The molecule has 32 heavy (non-hydrogen) atoms. The van der Waals surface area contributed by atoms with Crippen LogP contribution in [0.15, 0.2) is 24.5 Å². The number of carbonyl (C=O) groups excluding carboxylic acids is 1. The van der Waals surface area contributed by atoms with Crippen LogP contribution in [0.5, 0.6) is 0 Å². The summed E-state index contributed by atoms with van der Waals surface area (Å²) in [6.07, 6.45) is 9.40. The van der Waals surface area contributed by atoms with Crippen LogP contribution in [0.25, 0.3) is 9.85 Å². The first-order valence-electron chi connectivity index (χ1n) is 11.2. The minimum absolute atomic E-state index is 0.238. The fourth-order valence-electron chi connectivity index (χ4n) is 4.71. The van der Waals surface area contributed by atoms with Crippen molar-refractivity contribution in [3.05, 3.63) is 62.4 Å². The number of likely N-dealkylation sites (N-methyl/N-ethyl adjacent to an activating group) is 1. The average Bonchev–Trinajstić information content (AvgIpc) is 3.53. The van der Waals surface area contributed by atoms with Gasteiger partial charge < -0.3 is 15.2 Å². The van der Waals surface area contributed by atoms with E-state index in [1.54, 1.807) is 11.3 Å². The Labute approximate surface area is 196 Å². The molecule has 1 aliphatic carbocycles. The van der Waals surface area contributed by atoms with Gasteiger partial charge >= 0.3 is 6.03 Å². The monoisotopic (exact) mass is 465 g/mol. The summed E-state index contributed by atoms with van der Waals surface area (Å²) in [5, 5.41) is 7.93. The number of rotatable bonds is 5. The predicted octanol–water partition coefficient (Wildman–Crippen LogP) is 5.73. The molecule has 0 radical (unpaired) electrons. The van der Waals surface area contributed by atoms with E-state index in [0.29, 0.717) is 17.2 Å². The fraction of sp³-hybridized carbons (Fsp3) is 0.417. The number of amides is 2. The van der Waals surface area contributed by atoms with E-state index >= 15 is 0 Å². The topological polar surface area (TPSA) is 53.7 Å². The van der Waals surface area contributed by atoms with Gasteiger partial charge in [-0.25, -0.2) is 9.64 Å². The van der Waals surface area contributed by atoms with Crippen LogP contribution in [0, 0.1) is 6.57 Å². The summed E-state index contributed by atoms with van der Waals surface area (Å²) in [5.74, 6) is 0. The fourth-order valence-corrected chi connectivity index (χ4v) is 7.30. The average molecular weight is 466 g/mol. The van der Waals surface area contributed by atoms with Crippen molar-refractivity contribution in [3.63, 3.8) is 0 Å². The largest absolute Gasteiger partial charge is 0.334 e. The Kier molecular flexibility index (Phi) is 6.05. The Morgan fingerprint density at radius 2 is 1.94 bits per heavy atom. The lowest BCUT2D eigenvalue weighted by Crippen LogP contribution is -2.31. The zero-order chi connectivity index (χ0) is 22.1. The zero-order valence-electron chi connectivity index (χ0n) is 18.2. The Balaban J connectivity index is 1.35. The molecular formula is C24H27N5OS2. The molecule has 0 fully saturated rings. The zero-order valence-corrected chi connectivity index (χ0v) is 19.9. The molecule has 2 amide bonds. The maximum Gasteiger partial charge on any atom is 0.319 e. The van der Waals surface area contributed by atoms with Crippen LogP contribution < -0.4 is 10.6 Å². The van der Waals surface area contributed by atoms with Crippen molar-refractivity contribution in [2.24, 2.45) is 0 Å². The van der Waals surface area contributed by atoms with Gasteiger partial charge in [0.25, 0.3) is 0 Å². The van der Waals surface area contributed by atoms with Gasteiger partial charge in [-0.05, 0) is 60.4 Å². The number of thiophene rings is 2. The van der Waals surface area contributed by atoms with Crippen LogP contribution in [0.4, 0.5) is 15.5 Å². The minimum atomic E-state index is -0.238. The molecule has 0 atom stereocenters. The summed E-state index contributed by atoms with van der Waals surface area (Å²) in [7, 11) is 0. The van der Waals surface area contributed by atoms with E-state index in [9.17, 15) is 4.79 Å². The molecular weight excluding hydrogens is 438 g/mol. The molecule has 4 heterocycles. The molecule has 3 aromatic rings. The number of carbonyl (C=O) groups is 1. The number of urea groups is 1. The van der Waals surface area contributed by atoms with Gasteiger partial charge in [-0.1, -0.05) is 13.3 Å². The second-order valence-electron chi connectivity index (χ2n) is 8.30. The lowest BCUT2D eigenvalue weighted by atomic mass is 9.98. The Bertz CT molecular complexity index is 1170. The highest BCUT2D eigenvalue weighted by molar-refractivity contribution is 7.17. The number of anilines is 1. The lowest BCUT2D eigenvalue weighted by molar-refractivity contribution is 0.251. The maximum absolute atomic E-state index is 12.8. The molecule has 8 heteroatoms. The quantitative estimate of drug-likeness (QED) is 0.473. The van der Waals surface area contributed by atoms with Gasteiger partial charge in [0.05, 0.1) is 6.57 Å². The maximum atomic E-state index is 12.8. The van der Waals surface area contributed by atoms with E-state index < -0.39 is 0 Å². The molecule has 3 aromatic heterocycles. The van der Waals surface area contributed by atoms with Crippen molar-refractivity contribution in [2.75, 3.05) is 18.4 Å². The number of aryl methyl sites for hydroxylation is 1. The van der Waals surface area contributed by atoms with Crippen molar-refractivity contribution >= 4 is 39.4 Å². The van der Waals surface area contributed by atoms with Gasteiger partial charge in [0.15, 0.2) is 0 Å². The molecule has 166 valence electrons. The first kappa shape index (κ1) is 21.3. The van der Waals surface area contributed by atoms with Crippen molar-refractivity contribution in [1.82, 2.24) is 14.8 Å². The Morgan fingerprint density at radius 1 is 1.12 bits per heavy atom. The molecule has 0 saturated heterocycles. The van der Waals surface area contributed by atoms with E-state index in [1.807, 2.05) is 23.5 Å². The Hall–Kier alpha value is -2.60. The van der Waals surface area contributed by atoms with Crippen molar-refractivity contribution < 1.29 is 4.79 Å². The SMILES string of the molecule is [C-]#[N+]c1c(NC(=O)NCc2c(-n3cccc3)sc3c2CCN(CC)C3)sc2c1CCCC2. The normalized spacial score (nSPS) is 15.6. The standard InChI is InChI=1S/C24H27N5OS2/c1-3-28-13-10-16-18(23(32-20(16)15-28)29-11-6-7-12-29)14-26-24(30)27-22-21(25-2)17-8-4-5-9-19(17)31-22/h6-7,11-12H,3-5,8-10,13-15H2,1H3,(H2,26,27,30). The number of nitrogens with zero attached hydrogens (tertiary/aromatic N) is 3. The summed E-state index contributed by atoms with van der Waals surface area (Å²) < 4.78 is 2.15. The number of hydrogen-bond acceptors (Lipinski definition) is 4. The number of hydrogen-bond donors (Lipinski definition) is 2. The molecule has 6 nitrogen and oxygen atoms in total. The highest BCUT2D eigenvalue weighted by Crippen LogP contribution is 2.44. The van der Waals surface area contributed by atoms with Crippen LogP contribution in [-0.4, -0.2) is 28.6 Å². The van der Waals surface area contributed by atoms with Gasteiger partial charge in [-0.3, -0.25) is 4.90 Å². The highest BCUT2D eigenvalue weighted by Gasteiger charge is 2.25. The van der Waals surface area contributed by atoms with Crippen LogP contribution in [-0.2, 0) is 32.4 Å². The lowest BCUT2D eigenvalue weighted by Gasteiger charge is -2.25. The van der Waals surface area contributed by atoms with Crippen molar-refractivity contribution in [2.45, 2.75) is 52.1 Å². The second-order valence-corrected chi connectivity index (χ2v) is 10.5. The van der Waals surface area contributed by atoms with E-state index in [1.165, 1.54) is 25.9 Å². The number of nitrogens with one attached hydrogen (secondary N) is 2. The number of fused-ring (bicyclic) bond motifs is 2. The van der Waals surface area contributed by atoms with Gasteiger partial charge in [0.2, 0.25) is 5.69 Å². The molecule has 0 aromatic carbocycles. The molecule has 0 saturated carbocycles. The van der Waals surface area contributed by atoms with E-state index in [0.717, 1.165) is 57.3 Å². The third-order valence-corrected chi connectivity index (χ3v) is 8.89. The van der Waals surface area contributed by atoms with Crippen molar-refractivity contribution in [1.29, 1.82) is 0 Å². The molecule has 0 spiro atoms. The molecule has 2 aliphatic rings. The van der Waals surface area contributed by atoms with Crippen LogP contribution in [0.3, 0.4) is 0 Å². The molecule has 1 aliphatic heterocycles. The highest BCUT2D eigenvalue weighted by atomic mass is 32.1. The van der Waals surface area contributed by atoms with Crippen molar-refractivity contribution in [3.8, 4) is 5.00 Å². The van der Waals surface area contributed by atoms with Crippen LogP contribution >= 0.6 is 22.7 Å². The van der Waals surface area contributed by atoms with E-state index in [4.69, 9.17) is 6.57 Å². The first-order chi connectivity index (χ1) is 15.7. The third-order valence-electron chi connectivity index (χ3n) is 6.42. The van der Waals surface area contributed by atoms with E-state index in [2.05, 4.69) is 44.3 Å². The molecule has 2 N–H and O–H groups in total. The smallest absolute Gasteiger partial charge is 0.319 e. The first-order valence-corrected chi connectivity index (χ1v) is 12.9. The van der Waals surface area contributed by atoms with Crippen LogP contribution in [0.2, 0.25) is 0 Å². The third kappa shape index (κ3) is 3.96. The van der Waals surface area contributed by atoms with Gasteiger partial charge in [-0.15, -0.1) is 22.7 Å².